The number of carbonyl (C=O) groups is 1. The first-order valence-electron chi connectivity index (χ1n) is 10.9. The second-order valence-corrected chi connectivity index (χ2v) is 8.83. The van der Waals surface area contributed by atoms with Crippen molar-refractivity contribution in [2.75, 3.05) is 11.7 Å². The van der Waals surface area contributed by atoms with Gasteiger partial charge in [0.05, 0.1) is 12.2 Å². The molecule has 2 aliphatic rings. The van der Waals surface area contributed by atoms with Crippen molar-refractivity contribution < 1.29 is 19.4 Å². The van der Waals surface area contributed by atoms with Crippen LogP contribution in [0.5, 0.6) is 11.5 Å². The minimum Gasteiger partial charge on any atom is -0.454 e. The van der Waals surface area contributed by atoms with Gasteiger partial charge in [0.2, 0.25) is 6.79 Å². The maximum absolute atomic E-state index is 13.9. The van der Waals surface area contributed by atoms with Crippen molar-refractivity contribution in [1.82, 2.24) is 0 Å². The molecule has 1 unspecified atom stereocenters. The summed E-state index contributed by atoms with van der Waals surface area (Å²) in [5.41, 5.74) is 2.60. The highest BCUT2D eigenvalue weighted by molar-refractivity contribution is 6.30. The maximum Gasteiger partial charge on any atom is 0.268 e. The van der Waals surface area contributed by atoms with Gasteiger partial charge in [-0.15, -0.1) is 0 Å². The third kappa shape index (κ3) is 3.24. The molecule has 2 aliphatic heterocycles. The van der Waals surface area contributed by atoms with Gasteiger partial charge < -0.3 is 19.5 Å². The lowest BCUT2D eigenvalue weighted by Gasteiger charge is -2.24. The Hall–Kier alpha value is -3.80. The van der Waals surface area contributed by atoms with Crippen molar-refractivity contribution in [3.05, 3.63) is 113 Å². The van der Waals surface area contributed by atoms with Crippen molar-refractivity contribution in [1.29, 1.82) is 0 Å². The summed E-state index contributed by atoms with van der Waals surface area (Å²) in [5, 5.41) is 12.7. The molecule has 168 valence electrons. The van der Waals surface area contributed by atoms with Crippen molar-refractivity contribution in [3.63, 3.8) is 0 Å². The first-order valence-corrected chi connectivity index (χ1v) is 11.3. The van der Waals surface area contributed by atoms with E-state index < -0.39 is 11.5 Å². The van der Waals surface area contributed by atoms with E-state index in [9.17, 15) is 9.90 Å². The van der Waals surface area contributed by atoms with Gasteiger partial charge in [-0.1, -0.05) is 66.2 Å². The summed E-state index contributed by atoms with van der Waals surface area (Å²) < 4.78 is 10.9. The highest BCUT2D eigenvalue weighted by Crippen LogP contribution is 2.48. The Bertz CT molecular complexity index is 1400. The summed E-state index contributed by atoms with van der Waals surface area (Å²) in [6.07, 6.45) is 0. The summed E-state index contributed by atoms with van der Waals surface area (Å²) in [5.74, 6) is 0.686. The molecule has 34 heavy (non-hydrogen) atoms. The molecule has 0 saturated heterocycles. The van der Waals surface area contributed by atoms with Gasteiger partial charge in [0, 0.05) is 16.1 Å². The summed E-state index contributed by atoms with van der Waals surface area (Å²) in [7, 11) is 0. The molecule has 6 heteroatoms. The minimum absolute atomic E-state index is 0.114. The van der Waals surface area contributed by atoms with E-state index in [0.29, 0.717) is 39.9 Å². The lowest BCUT2D eigenvalue weighted by atomic mass is 9.86. The average molecular weight is 470 g/mol. The fraction of sp³-hybridized carbons (Fsp3) is 0.107. The van der Waals surface area contributed by atoms with Gasteiger partial charge in [0.1, 0.15) is 0 Å². The van der Waals surface area contributed by atoms with Crippen LogP contribution in [-0.2, 0) is 16.9 Å². The van der Waals surface area contributed by atoms with Crippen LogP contribution < -0.4 is 14.4 Å². The van der Waals surface area contributed by atoms with E-state index in [1.807, 2.05) is 60.7 Å². The lowest BCUT2D eigenvalue weighted by molar-refractivity contribution is -0.132. The molecule has 1 amide bonds. The number of halogens is 1. The fourth-order valence-corrected chi connectivity index (χ4v) is 4.75. The normalized spacial score (nSPS) is 18.3. The van der Waals surface area contributed by atoms with Gasteiger partial charge in [0.25, 0.3) is 5.91 Å². The van der Waals surface area contributed by atoms with Gasteiger partial charge in [-0.2, -0.15) is 0 Å². The number of amides is 1. The zero-order chi connectivity index (χ0) is 23.3. The standard InChI is InChI=1S/C28H20ClNO4/c29-22-10-6-18(7-11-22)16-30-24-12-8-20(19-4-2-1-3-5-19)14-23(24)28(32,27(30)31)21-9-13-25-26(15-21)34-17-33-25/h1-15,32H,16-17H2. The first kappa shape index (κ1) is 20.8. The molecular formula is C28H20ClNO4. The van der Waals surface area contributed by atoms with Gasteiger partial charge >= 0.3 is 0 Å². The summed E-state index contributed by atoms with van der Waals surface area (Å²) in [6, 6.07) is 28.1. The largest absolute Gasteiger partial charge is 0.454 e. The molecule has 0 fully saturated rings. The second kappa shape index (κ2) is 7.90. The van der Waals surface area contributed by atoms with E-state index in [-0.39, 0.29) is 6.79 Å². The number of ether oxygens (including phenoxy) is 2. The predicted octanol–water partition coefficient (Wildman–Crippen LogP) is 5.52. The third-order valence-electron chi connectivity index (χ3n) is 6.38. The average Bonchev–Trinajstić information content (AvgIpc) is 3.43. The van der Waals surface area contributed by atoms with E-state index in [2.05, 4.69) is 0 Å². The Morgan fingerprint density at radius 2 is 1.62 bits per heavy atom. The number of anilines is 1. The van der Waals surface area contributed by atoms with E-state index in [1.165, 1.54) is 0 Å². The Balaban J connectivity index is 1.50. The number of hydrogen-bond donors (Lipinski definition) is 1. The summed E-state index contributed by atoms with van der Waals surface area (Å²) in [6.45, 7) is 0.420. The molecule has 0 spiro atoms. The molecular weight excluding hydrogens is 450 g/mol. The quantitative estimate of drug-likeness (QED) is 0.427. The molecule has 1 N–H and O–H groups in total. The zero-order valence-electron chi connectivity index (χ0n) is 18.1. The number of fused-ring (bicyclic) bond motifs is 2. The molecule has 2 heterocycles. The Morgan fingerprint density at radius 1 is 0.853 bits per heavy atom. The molecule has 4 aromatic carbocycles. The highest BCUT2D eigenvalue weighted by Gasteiger charge is 2.51. The van der Waals surface area contributed by atoms with Gasteiger partial charge in [0.15, 0.2) is 17.1 Å². The van der Waals surface area contributed by atoms with E-state index in [0.717, 1.165) is 16.7 Å². The summed E-state index contributed by atoms with van der Waals surface area (Å²) in [4.78, 5) is 15.5. The van der Waals surface area contributed by atoms with Crippen molar-refractivity contribution in [2.45, 2.75) is 12.1 Å². The molecule has 5 nitrogen and oxygen atoms in total. The molecule has 6 rings (SSSR count). The number of carbonyl (C=O) groups excluding carboxylic acids is 1. The van der Waals surface area contributed by atoms with E-state index in [1.54, 1.807) is 35.2 Å². The second-order valence-electron chi connectivity index (χ2n) is 8.39. The van der Waals surface area contributed by atoms with Crippen LogP contribution in [0.4, 0.5) is 5.69 Å². The zero-order valence-corrected chi connectivity index (χ0v) is 18.8. The molecule has 0 aromatic heterocycles. The number of aliphatic hydroxyl groups is 1. The third-order valence-corrected chi connectivity index (χ3v) is 6.64. The van der Waals surface area contributed by atoms with Crippen LogP contribution in [0.15, 0.2) is 91.0 Å². The smallest absolute Gasteiger partial charge is 0.268 e. The number of hydrogen-bond acceptors (Lipinski definition) is 4. The molecule has 0 aliphatic carbocycles. The predicted molar refractivity (Wildman–Crippen MR) is 130 cm³/mol. The molecule has 0 saturated carbocycles. The van der Waals surface area contributed by atoms with Crippen LogP contribution in [0.1, 0.15) is 16.7 Å². The molecule has 0 bridgehead atoms. The van der Waals surface area contributed by atoms with Crippen LogP contribution in [0.25, 0.3) is 11.1 Å². The summed E-state index contributed by atoms with van der Waals surface area (Å²) >= 11 is 6.04. The van der Waals surface area contributed by atoms with Crippen LogP contribution in [0, 0.1) is 0 Å². The highest BCUT2D eigenvalue weighted by atomic mass is 35.5. The van der Waals surface area contributed by atoms with Crippen molar-refractivity contribution in [3.8, 4) is 22.6 Å². The van der Waals surface area contributed by atoms with Gasteiger partial charge in [-0.05, 0) is 53.1 Å². The molecule has 1 atom stereocenters. The van der Waals surface area contributed by atoms with Crippen molar-refractivity contribution in [2.24, 2.45) is 0 Å². The molecule has 0 radical (unpaired) electrons. The van der Waals surface area contributed by atoms with Crippen molar-refractivity contribution >= 4 is 23.2 Å². The van der Waals surface area contributed by atoms with Crippen LogP contribution in [-0.4, -0.2) is 17.8 Å². The Kier molecular flexibility index (Phi) is 4.83. The Labute approximate surface area is 201 Å². The minimum atomic E-state index is -1.87. The Morgan fingerprint density at radius 3 is 2.41 bits per heavy atom. The van der Waals surface area contributed by atoms with Crippen LogP contribution in [0.3, 0.4) is 0 Å². The van der Waals surface area contributed by atoms with Gasteiger partial charge in [-0.25, -0.2) is 0 Å². The lowest BCUT2D eigenvalue weighted by Crippen LogP contribution is -2.40. The maximum atomic E-state index is 13.9. The van der Waals surface area contributed by atoms with E-state index in [4.69, 9.17) is 21.1 Å². The topological polar surface area (TPSA) is 59.0 Å². The number of nitrogens with zero attached hydrogens (tertiary/aromatic N) is 1. The SMILES string of the molecule is O=C1N(Cc2ccc(Cl)cc2)c2ccc(-c3ccccc3)cc2C1(O)c1ccc2c(c1)OCO2. The monoisotopic (exact) mass is 469 g/mol. The van der Waals surface area contributed by atoms with Crippen LogP contribution in [0.2, 0.25) is 5.02 Å². The fourth-order valence-electron chi connectivity index (χ4n) is 4.62. The first-order chi connectivity index (χ1) is 16.5. The number of rotatable bonds is 4. The van der Waals surface area contributed by atoms with Crippen LogP contribution >= 0.6 is 11.6 Å². The molecule has 4 aromatic rings. The van der Waals surface area contributed by atoms with E-state index >= 15 is 0 Å². The number of benzene rings is 4. The van der Waals surface area contributed by atoms with Gasteiger partial charge in [-0.3, -0.25) is 4.79 Å².